The molecule has 0 aliphatic carbocycles. The molecule has 21 heavy (non-hydrogen) atoms. The molecule has 0 amide bonds. The molecule has 0 atom stereocenters. The molecule has 0 bridgehead atoms. The first kappa shape index (κ1) is 17.3. The minimum Gasteiger partial charge on any atom is -0.493 e. The van der Waals surface area contributed by atoms with Crippen molar-refractivity contribution >= 4 is 6.29 Å². The van der Waals surface area contributed by atoms with E-state index < -0.39 is 12.8 Å². The third-order valence-corrected chi connectivity index (χ3v) is 2.34. The van der Waals surface area contributed by atoms with Gasteiger partial charge in [-0.15, -0.1) is 0 Å². The summed E-state index contributed by atoms with van der Waals surface area (Å²) in [6.45, 7) is 0.840. The Hall–Kier alpha value is -1.76. The summed E-state index contributed by atoms with van der Waals surface area (Å²) in [4.78, 5) is 10.9. The quantitative estimate of drug-likeness (QED) is 0.519. The van der Waals surface area contributed by atoms with Crippen LogP contribution in [0.3, 0.4) is 0 Å². The molecule has 0 N–H and O–H groups in total. The molecule has 0 radical (unpaired) electrons. The average Bonchev–Trinajstić information content (AvgIpc) is 2.43. The molecule has 0 aliphatic heterocycles. The Labute approximate surface area is 120 Å². The van der Waals surface area contributed by atoms with E-state index in [9.17, 15) is 18.0 Å². The number of hydrogen-bond donors (Lipinski definition) is 0. The van der Waals surface area contributed by atoms with E-state index in [0.717, 1.165) is 6.42 Å². The van der Waals surface area contributed by atoms with E-state index in [1.54, 1.807) is 6.07 Å². The smallest absolute Gasteiger partial charge is 0.411 e. The molecule has 1 aromatic carbocycles. The van der Waals surface area contributed by atoms with Crippen LogP contribution in [0, 0.1) is 0 Å². The number of rotatable bonds is 9. The van der Waals surface area contributed by atoms with Gasteiger partial charge in [0.1, 0.15) is 24.7 Å². The maximum Gasteiger partial charge on any atom is 0.411 e. The van der Waals surface area contributed by atoms with Gasteiger partial charge in [0.2, 0.25) is 0 Å². The van der Waals surface area contributed by atoms with E-state index in [-0.39, 0.29) is 19.0 Å². The molecule has 0 saturated carbocycles. The van der Waals surface area contributed by atoms with Gasteiger partial charge in [-0.05, 0) is 18.6 Å². The van der Waals surface area contributed by atoms with Crippen molar-refractivity contribution in [2.45, 2.75) is 19.5 Å². The Bertz CT molecular complexity index is 446. The number of benzene rings is 1. The summed E-state index contributed by atoms with van der Waals surface area (Å²) in [5, 5.41) is 0. The number of hydrogen-bond acceptors (Lipinski definition) is 4. The van der Waals surface area contributed by atoms with Crippen LogP contribution in [-0.4, -0.2) is 38.9 Å². The van der Waals surface area contributed by atoms with Crippen molar-refractivity contribution in [2.24, 2.45) is 0 Å². The standard InChI is InChI=1S/C14H17F3O4/c1-2-5-20-12-4-3-11(9-18)13(8-12)21-7-6-19-10-14(15,16)17/h3-4,8-9H,2,5-7,10H2,1H3. The fourth-order valence-electron chi connectivity index (χ4n) is 1.45. The Kier molecular flexibility index (Phi) is 7.01. The maximum atomic E-state index is 11.9. The third kappa shape index (κ3) is 6.99. The lowest BCUT2D eigenvalue weighted by Gasteiger charge is -2.12. The number of halogens is 3. The lowest BCUT2D eigenvalue weighted by molar-refractivity contribution is -0.175. The lowest BCUT2D eigenvalue weighted by Crippen LogP contribution is -2.19. The van der Waals surface area contributed by atoms with Gasteiger partial charge in [0, 0.05) is 6.07 Å². The summed E-state index contributed by atoms with van der Waals surface area (Å²) < 4.78 is 50.7. The SMILES string of the molecule is CCCOc1ccc(C=O)c(OCCOCC(F)(F)F)c1. The molecule has 0 fully saturated rings. The van der Waals surface area contributed by atoms with Crippen molar-refractivity contribution < 1.29 is 32.2 Å². The molecule has 0 aromatic heterocycles. The molecule has 0 unspecified atom stereocenters. The van der Waals surface area contributed by atoms with Gasteiger partial charge in [-0.25, -0.2) is 0 Å². The number of aldehydes is 1. The molecule has 1 aromatic rings. The first-order valence-electron chi connectivity index (χ1n) is 6.45. The molecule has 4 nitrogen and oxygen atoms in total. The summed E-state index contributed by atoms with van der Waals surface area (Å²) in [6, 6.07) is 4.69. The first-order valence-corrected chi connectivity index (χ1v) is 6.45. The molecule has 0 saturated heterocycles. The molecule has 0 heterocycles. The highest BCUT2D eigenvalue weighted by atomic mass is 19.4. The predicted octanol–water partition coefficient (Wildman–Crippen LogP) is 3.25. The highest BCUT2D eigenvalue weighted by Gasteiger charge is 2.27. The fraction of sp³-hybridized carbons (Fsp3) is 0.500. The van der Waals surface area contributed by atoms with Crippen molar-refractivity contribution in [1.82, 2.24) is 0 Å². The topological polar surface area (TPSA) is 44.8 Å². The van der Waals surface area contributed by atoms with E-state index >= 15 is 0 Å². The van der Waals surface area contributed by atoms with E-state index in [0.29, 0.717) is 24.2 Å². The van der Waals surface area contributed by atoms with Gasteiger partial charge >= 0.3 is 6.18 Å². The van der Waals surface area contributed by atoms with E-state index in [1.165, 1.54) is 12.1 Å². The van der Waals surface area contributed by atoms with Gasteiger partial charge < -0.3 is 14.2 Å². The maximum absolute atomic E-state index is 11.9. The van der Waals surface area contributed by atoms with Crippen LogP contribution in [0.4, 0.5) is 13.2 Å². The number of alkyl halides is 3. The van der Waals surface area contributed by atoms with Crippen molar-refractivity contribution in [2.75, 3.05) is 26.4 Å². The number of carbonyl (C=O) groups excluding carboxylic acids is 1. The zero-order chi connectivity index (χ0) is 15.7. The van der Waals surface area contributed by atoms with E-state index in [1.807, 2.05) is 6.92 Å². The van der Waals surface area contributed by atoms with Crippen LogP contribution >= 0.6 is 0 Å². The monoisotopic (exact) mass is 306 g/mol. The highest BCUT2D eigenvalue weighted by Crippen LogP contribution is 2.24. The number of carbonyl (C=O) groups is 1. The van der Waals surface area contributed by atoms with Gasteiger partial charge in [0.05, 0.1) is 18.8 Å². The molecule has 0 spiro atoms. The first-order chi connectivity index (χ1) is 9.96. The van der Waals surface area contributed by atoms with Crippen LogP contribution in [0.25, 0.3) is 0 Å². The molecule has 118 valence electrons. The van der Waals surface area contributed by atoms with Gasteiger partial charge in [0.15, 0.2) is 6.29 Å². The molecular formula is C14H17F3O4. The van der Waals surface area contributed by atoms with Gasteiger partial charge in [-0.3, -0.25) is 4.79 Å². The largest absolute Gasteiger partial charge is 0.493 e. The van der Waals surface area contributed by atoms with Crippen LogP contribution in [0.15, 0.2) is 18.2 Å². The fourth-order valence-corrected chi connectivity index (χ4v) is 1.45. The zero-order valence-electron chi connectivity index (χ0n) is 11.6. The summed E-state index contributed by atoms with van der Waals surface area (Å²) in [7, 11) is 0. The molecule has 0 aliphatic rings. The average molecular weight is 306 g/mol. The minimum atomic E-state index is -4.36. The second kappa shape index (κ2) is 8.51. The summed E-state index contributed by atoms with van der Waals surface area (Å²) in [5.41, 5.74) is 0.301. The Morgan fingerprint density at radius 1 is 1.14 bits per heavy atom. The number of ether oxygens (including phenoxy) is 3. The van der Waals surface area contributed by atoms with Crippen molar-refractivity contribution in [1.29, 1.82) is 0 Å². The second-order valence-electron chi connectivity index (χ2n) is 4.18. The van der Waals surface area contributed by atoms with Crippen molar-refractivity contribution in [3.63, 3.8) is 0 Å². The minimum absolute atomic E-state index is 0.0891. The zero-order valence-corrected chi connectivity index (χ0v) is 11.6. The Balaban J connectivity index is 2.49. The second-order valence-corrected chi connectivity index (χ2v) is 4.18. The molecule has 7 heteroatoms. The van der Waals surface area contributed by atoms with Crippen molar-refractivity contribution in [3.8, 4) is 11.5 Å². The van der Waals surface area contributed by atoms with Gasteiger partial charge in [-0.1, -0.05) is 6.92 Å². The predicted molar refractivity (Wildman–Crippen MR) is 70.0 cm³/mol. The van der Waals surface area contributed by atoms with Crippen LogP contribution in [0.1, 0.15) is 23.7 Å². The molecular weight excluding hydrogens is 289 g/mol. The summed E-state index contributed by atoms with van der Waals surface area (Å²) in [6.07, 6.45) is -2.92. The summed E-state index contributed by atoms with van der Waals surface area (Å²) in [5.74, 6) is 0.794. The molecule has 1 rings (SSSR count). The Morgan fingerprint density at radius 2 is 1.90 bits per heavy atom. The highest BCUT2D eigenvalue weighted by molar-refractivity contribution is 5.79. The van der Waals surface area contributed by atoms with E-state index in [4.69, 9.17) is 9.47 Å². The summed E-state index contributed by atoms with van der Waals surface area (Å²) >= 11 is 0. The van der Waals surface area contributed by atoms with Crippen LogP contribution in [0.5, 0.6) is 11.5 Å². The van der Waals surface area contributed by atoms with Gasteiger partial charge in [-0.2, -0.15) is 13.2 Å². The third-order valence-electron chi connectivity index (χ3n) is 2.34. The van der Waals surface area contributed by atoms with Crippen LogP contribution < -0.4 is 9.47 Å². The van der Waals surface area contributed by atoms with Crippen LogP contribution in [0.2, 0.25) is 0 Å². The van der Waals surface area contributed by atoms with Gasteiger partial charge in [0.25, 0.3) is 0 Å². The normalized spacial score (nSPS) is 11.2. The Morgan fingerprint density at radius 3 is 2.52 bits per heavy atom. The van der Waals surface area contributed by atoms with Crippen molar-refractivity contribution in [3.05, 3.63) is 23.8 Å². The van der Waals surface area contributed by atoms with Crippen LogP contribution in [-0.2, 0) is 4.74 Å². The lowest BCUT2D eigenvalue weighted by atomic mass is 10.2. The van der Waals surface area contributed by atoms with E-state index in [2.05, 4.69) is 4.74 Å².